The number of alkyl halides is 3. The van der Waals surface area contributed by atoms with Crippen LogP contribution in [-0.2, 0) is 6.18 Å². The largest absolute Gasteiger partial charge is 0.418 e. The number of nitrogens with zero attached hydrogens (tertiary/aromatic N) is 4. The third kappa shape index (κ3) is 3.64. The van der Waals surface area contributed by atoms with Crippen LogP contribution in [0.1, 0.15) is 16.8 Å². The number of imidazole rings is 1. The number of halogens is 3. The fourth-order valence-corrected chi connectivity index (χ4v) is 2.60. The van der Waals surface area contributed by atoms with Gasteiger partial charge >= 0.3 is 6.18 Å². The number of anilines is 2. The topological polar surface area (TPSA) is 55.1 Å². The zero-order valence-electron chi connectivity index (χ0n) is 14.3. The van der Waals surface area contributed by atoms with Crippen molar-refractivity contribution in [2.24, 2.45) is 0 Å². The first-order chi connectivity index (χ1) is 13.5. The summed E-state index contributed by atoms with van der Waals surface area (Å²) in [6, 6.07) is 12.1. The molecular weight excluding hydrogens is 367 g/mol. The van der Waals surface area contributed by atoms with E-state index in [-0.39, 0.29) is 11.5 Å². The molecule has 8 heteroatoms. The van der Waals surface area contributed by atoms with Crippen molar-refractivity contribution >= 4 is 17.2 Å². The molecule has 0 amide bonds. The summed E-state index contributed by atoms with van der Waals surface area (Å²) in [4.78, 5) is 8.28. The highest BCUT2D eigenvalue weighted by Gasteiger charge is 2.33. The molecule has 0 saturated carbocycles. The molecule has 28 heavy (non-hydrogen) atoms. The van der Waals surface area contributed by atoms with E-state index >= 15 is 0 Å². The Hall–Kier alpha value is -3.86. The zero-order chi connectivity index (χ0) is 19.6. The van der Waals surface area contributed by atoms with Crippen molar-refractivity contribution in [1.82, 2.24) is 19.6 Å². The smallest absolute Gasteiger partial charge is 0.340 e. The van der Waals surface area contributed by atoms with Crippen LogP contribution in [0.3, 0.4) is 0 Å². The Morgan fingerprint density at radius 3 is 2.64 bits per heavy atom. The molecule has 1 N–H and O–H groups in total. The van der Waals surface area contributed by atoms with E-state index in [1.54, 1.807) is 35.1 Å². The second kappa shape index (κ2) is 7.04. The maximum absolute atomic E-state index is 13.1. The first-order valence-electron chi connectivity index (χ1n) is 8.21. The van der Waals surface area contributed by atoms with Gasteiger partial charge in [0.1, 0.15) is 11.5 Å². The summed E-state index contributed by atoms with van der Waals surface area (Å²) < 4.78 is 41.0. The monoisotopic (exact) mass is 379 g/mol. The number of pyridine rings is 1. The molecule has 0 fully saturated rings. The lowest BCUT2D eigenvalue weighted by Gasteiger charge is -2.13. The lowest BCUT2D eigenvalue weighted by molar-refractivity contribution is -0.136. The molecule has 0 aliphatic carbocycles. The molecule has 0 unspecified atom stereocenters. The van der Waals surface area contributed by atoms with Crippen LogP contribution in [0.25, 0.3) is 5.65 Å². The summed E-state index contributed by atoms with van der Waals surface area (Å²) in [6.45, 7) is 0. The fraction of sp³-hybridized carbons (Fsp3) is 0.0500. The van der Waals surface area contributed by atoms with Crippen LogP contribution in [-0.4, -0.2) is 19.6 Å². The van der Waals surface area contributed by atoms with Crippen LogP contribution in [0.5, 0.6) is 0 Å². The van der Waals surface area contributed by atoms with Crippen molar-refractivity contribution in [3.8, 4) is 11.8 Å². The second-order valence-electron chi connectivity index (χ2n) is 5.79. The molecule has 0 atom stereocenters. The van der Waals surface area contributed by atoms with Crippen LogP contribution < -0.4 is 5.32 Å². The minimum absolute atomic E-state index is 0.0707. The Morgan fingerprint density at radius 1 is 0.929 bits per heavy atom. The van der Waals surface area contributed by atoms with E-state index in [1.165, 1.54) is 24.4 Å². The Morgan fingerprint density at radius 2 is 1.79 bits per heavy atom. The maximum atomic E-state index is 13.1. The van der Waals surface area contributed by atoms with Gasteiger partial charge in [-0.05, 0) is 42.3 Å². The molecule has 138 valence electrons. The minimum Gasteiger partial charge on any atom is -0.340 e. The molecule has 0 spiro atoms. The van der Waals surface area contributed by atoms with Crippen molar-refractivity contribution in [3.05, 3.63) is 83.9 Å². The van der Waals surface area contributed by atoms with Gasteiger partial charge in [-0.1, -0.05) is 18.1 Å². The van der Waals surface area contributed by atoms with Gasteiger partial charge in [-0.3, -0.25) is 0 Å². The highest BCUT2D eigenvalue weighted by Crippen LogP contribution is 2.35. The molecule has 3 aromatic heterocycles. The number of fused-ring (bicyclic) bond motifs is 1. The van der Waals surface area contributed by atoms with Gasteiger partial charge in [-0.25, -0.2) is 14.5 Å². The average molecular weight is 379 g/mol. The predicted molar refractivity (Wildman–Crippen MR) is 97.9 cm³/mol. The van der Waals surface area contributed by atoms with E-state index in [4.69, 9.17) is 0 Å². The molecule has 4 rings (SSSR count). The molecule has 0 aliphatic rings. The standard InChI is InChI=1S/C20H12F3N5/c21-20(22,23)16-4-1-2-5-17(16)27-18-12-14(9-11-24-18)7-8-15-13-25-19-6-3-10-26-28(15)19/h1-6,9-13H,(H,24,27). The van der Waals surface area contributed by atoms with Gasteiger partial charge < -0.3 is 5.32 Å². The number of rotatable bonds is 2. The minimum atomic E-state index is -4.46. The molecule has 3 heterocycles. The molecule has 5 nitrogen and oxygen atoms in total. The number of hydrogen-bond donors (Lipinski definition) is 1. The first kappa shape index (κ1) is 17.5. The number of hydrogen-bond acceptors (Lipinski definition) is 4. The van der Waals surface area contributed by atoms with Gasteiger partial charge in [0.15, 0.2) is 5.65 Å². The van der Waals surface area contributed by atoms with E-state index in [9.17, 15) is 13.2 Å². The molecule has 1 aromatic carbocycles. The summed E-state index contributed by atoms with van der Waals surface area (Å²) in [7, 11) is 0. The Labute approximate surface area is 157 Å². The quantitative estimate of drug-likeness (QED) is 0.528. The summed E-state index contributed by atoms with van der Waals surface area (Å²) >= 11 is 0. The number of benzene rings is 1. The molecule has 0 radical (unpaired) electrons. The predicted octanol–water partition coefficient (Wildman–Crippen LogP) is 4.29. The van der Waals surface area contributed by atoms with Crippen molar-refractivity contribution < 1.29 is 13.2 Å². The van der Waals surface area contributed by atoms with E-state index in [0.29, 0.717) is 16.9 Å². The molecule has 0 saturated heterocycles. The van der Waals surface area contributed by atoms with Gasteiger partial charge in [0.25, 0.3) is 0 Å². The Balaban J connectivity index is 1.62. The van der Waals surface area contributed by atoms with Crippen molar-refractivity contribution in [2.45, 2.75) is 6.18 Å². The number of para-hydroxylation sites is 1. The summed E-state index contributed by atoms with van der Waals surface area (Å²) in [5.74, 6) is 6.18. The van der Waals surface area contributed by atoms with Gasteiger partial charge in [0.05, 0.1) is 17.4 Å². The second-order valence-corrected chi connectivity index (χ2v) is 5.79. The van der Waals surface area contributed by atoms with Gasteiger partial charge in [-0.2, -0.15) is 18.3 Å². The number of nitrogens with one attached hydrogen (secondary N) is 1. The SMILES string of the molecule is FC(F)(F)c1ccccc1Nc1cc(C#Cc2cnc3cccnn23)ccn1. The van der Waals surface area contributed by atoms with E-state index in [2.05, 4.69) is 32.2 Å². The molecular formula is C20H12F3N5. The van der Waals surface area contributed by atoms with Crippen molar-refractivity contribution in [3.63, 3.8) is 0 Å². The summed E-state index contributed by atoms with van der Waals surface area (Å²) in [5.41, 5.74) is 1.04. The van der Waals surface area contributed by atoms with E-state index < -0.39 is 11.7 Å². The van der Waals surface area contributed by atoms with Gasteiger partial charge in [-0.15, -0.1) is 0 Å². The zero-order valence-corrected chi connectivity index (χ0v) is 14.3. The van der Waals surface area contributed by atoms with Crippen LogP contribution in [0, 0.1) is 11.8 Å². The lowest BCUT2D eigenvalue weighted by Crippen LogP contribution is -2.08. The van der Waals surface area contributed by atoms with E-state index in [0.717, 1.165) is 6.07 Å². The maximum Gasteiger partial charge on any atom is 0.418 e. The molecule has 0 bridgehead atoms. The third-order valence-electron chi connectivity index (χ3n) is 3.87. The Bertz CT molecular complexity index is 1200. The summed E-state index contributed by atoms with van der Waals surface area (Å²) in [6.07, 6.45) is 0.258. The Kier molecular flexibility index (Phi) is 4.41. The highest BCUT2D eigenvalue weighted by atomic mass is 19.4. The van der Waals surface area contributed by atoms with Gasteiger partial charge in [0, 0.05) is 18.0 Å². The van der Waals surface area contributed by atoms with Crippen molar-refractivity contribution in [1.29, 1.82) is 0 Å². The van der Waals surface area contributed by atoms with Crippen LogP contribution in [0.15, 0.2) is 67.1 Å². The number of aromatic nitrogens is 4. The molecule has 0 aliphatic heterocycles. The van der Waals surface area contributed by atoms with Gasteiger partial charge in [0.2, 0.25) is 0 Å². The van der Waals surface area contributed by atoms with Crippen LogP contribution >= 0.6 is 0 Å². The summed E-state index contributed by atoms with van der Waals surface area (Å²) in [5, 5.41) is 6.89. The normalized spacial score (nSPS) is 11.1. The third-order valence-corrected chi connectivity index (χ3v) is 3.87. The van der Waals surface area contributed by atoms with Crippen LogP contribution in [0.4, 0.5) is 24.7 Å². The molecule has 4 aromatic rings. The first-order valence-corrected chi connectivity index (χ1v) is 8.21. The van der Waals surface area contributed by atoms with Crippen molar-refractivity contribution in [2.75, 3.05) is 5.32 Å². The fourth-order valence-electron chi connectivity index (χ4n) is 2.60. The highest BCUT2D eigenvalue weighted by molar-refractivity contribution is 5.62. The lowest BCUT2D eigenvalue weighted by atomic mass is 10.1. The van der Waals surface area contributed by atoms with E-state index in [1.807, 2.05) is 6.07 Å². The average Bonchev–Trinajstić information content (AvgIpc) is 3.09. The van der Waals surface area contributed by atoms with Crippen LogP contribution in [0.2, 0.25) is 0 Å².